The minimum Gasteiger partial charge on any atom is -0.345 e. The van der Waals surface area contributed by atoms with Crippen molar-refractivity contribution in [1.29, 1.82) is 5.26 Å². The molecule has 5 nitrogen and oxygen atoms in total. The van der Waals surface area contributed by atoms with Gasteiger partial charge in [0.2, 0.25) is 0 Å². The first-order chi connectivity index (χ1) is 15.6. The molecular weight excluding hydrogens is 396 g/mol. The molecule has 32 heavy (non-hydrogen) atoms. The largest absolute Gasteiger partial charge is 0.345 e. The molecule has 0 radical (unpaired) electrons. The van der Waals surface area contributed by atoms with Crippen molar-refractivity contribution in [3.63, 3.8) is 0 Å². The second-order valence-electron chi connectivity index (χ2n) is 8.00. The molecule has 160 valence electrons. The lowest BCUT2D eigenvalue weighted by Gasteiger charge is -2.18. The number of hydrogen-bond acceptors (Lipinski definition) is 3. The number of fused-ring (bicyclic) bond motifs is 1. The van der Waals surface area contributed by atoms with E-state index in [4.69, 9.17) is 10.2 Å². The lowest BCUT2D eigenvalue weighted by molar-refractivity contribution is 0.0934. The Balaban J connectivity index is 1.56. The summed E-state index contributed by atoms with van der Waals surface area (Å²) in [5.74, 6) is 0.823. The van der Waals surface area contributed by atoms with E-state index >= 15 is 0 Å². The molecule has 0 saturated heterocycles. The molecule has 0 spiro atoms. The van der Waals surface area contributed by atoms with Crippen LogP contribution in [-0.2, 0) is 13.5 Å². The van der Waals surface area contributed by atoms with Gasteiger partial charge in [-0.25, -0.2) is 4.98 Å². The second kappa shape index (κ2) is 9.49. The van der Waals surface area contributed by atoms with E-state index in [0.29, 0.717) is 17.5 Å². The summed E-state index contributed by atoms with van der Waals surface area (Å²) in [5.41, 5.74) is 5.25. The van der Waals surface area contributed by atoms with Crippen LogP contribution in [0, 0.1) is 11.3 Å². The van der Waals surface area contributed by atoms with Crippen LogP contribution in [0.2, 0.25) is 0 Å². The van der Waals surface area contributed by atoms with Gasteiger partial charge in [0.1, 0.15) is 5.82 Å². The Labute approximate surface area is 188 Å². The van der Waals surface area contributed by atoms with Crippen LogP contribution in [0.25, 0.3) is 11.0 Å². The third-order valence-corrected chi connectivity index (χ3v) is 5.77. The van der Waals surface area contributed by atoms with E-state index in [2.05, 4.69) is 35.0 Å². The van der Waals surface area contributed by atoms with Crippen LogP contribution in [0.4, 0.5) is 0 Å². The number of carbonyl (C=O) groups is 1. The lowest BCUT2D eigenvalue weighted by atomic mass is 10.0. The lowest BCUT2D eigenvalue weighted by Crippen LogP contribution is -2.28. The van der Waals surface area contributed by atoms with Gasteiger partial charge in [-0.05, 0) is 47.9 Å². The van der Waals surface area contributed by atoms with Gasteiger partial charge >= 0.3 is 0 Å². The van der Waals surface area contributed by atoms with Gasteiger partial charge in [-0.3, -0.25) is 4.79 Å². The van der Waals surface area contributed by atoms with Crippen LogP contribution >= 0.6 is 0 Å². The standard InChI is InChI=1S/C27H26N4O/c1-3-7-23(21-8-5-4-6-9-21)30-27(32)22-14-15-25-24(17-22)29-26(31(25)2)16-19-10-12-20(18-28)13-11-19/h4-6,8-15,17,23H,3,7,16H2,1-2H3,(H,30,32). The Kier molecular flexibility index (Phi) is 6.32. The van der Waals surface area contributed by atoms with Gasteiger partial charge in [0.05, 0.1) is 28.7 Å². The van der Waals surface area contributed by atoms with Gasteiger partial charge < -0.3 is 9.88 Å². The number of aryl methyl sites for hydroxylation is 1. The first-order valence-electron chi connectivity index (χ1n) is 10.9. The summed E-state index contributed by atoms with van der Waals surface area (Å²) in [6.45, 7) is 2.12. The highest BCUT2D eigenvalue weighted by atomic mass is 16.1. The normalized spacial score (nSPS) is 11.8. The topological polar surface area (TPSA) is 70.7 Å². The molecule has 0 fully saturated rings. The molecule has 0 aliphatic rings. The van der Waals surface area contributed by atoms with E-state index in [1.807, 2.05) is 67.7 Å². The second-order valence-corrected chi connectivity index (χ2v) is 8.00. The molecule has 1 unspecified atom stereocenters. The van der Waals surface area contributed by atoms with E-state index in [1.165, 1.54) is 0 Å². The monoisotopic (exact) mass is 422 g/mol. The molecule has 0 bridgehead atoms. The first-order valence-corrected chi connectivity index (χ1v) is 10.9. The molecular formula is C27H26N4O. The summed E-state index contributed by atoms with van der Waals surface area (Å²) in [5, 5.41) is 12.2. The summed E-state index contributed by atoms with van der Waals surface area (Å²) in [4.78, 5) is 17.8. The predicted molar refractivity (Wildman–Crippen MR) is 126 cm³/mol. The summed E-state index contributed by atoms with van der Waals surface area (Å²) in [6, 6.07) is 25.4. The van der Waals surface area contributed by atoms with Crippen molar-refractivity contribution in [1.82, 2.24) is 14.9 Å². The zero-order valence-electron chi connectivity index (χ0n) is 18.4. The van der Waals surface area contributed by atoms with Gasteiger partial charge in [0.25, 0.3) is 5.91 Å². The average Bonchev–Trinajstić information content (AvgIpc) is 3.14. The molecule has 0 aliphatic heterocycles. The number of amides is 1. The van der Waals surface area contributed by atoms with Crippen molar-refractivity contribution < 1.29 is 4.79 Å². The smallest absolute Gasteiger partial charge is 0.251 e. The number of rotatable bonds is 7. The third-order valence-electron chi connectivity index (χ3n) is 5.77. The molecule has 1 aromatic heterocycles. The van der Waals surface area contributed by atoms with Gasteiger partial charge in [-0.2, -0.15) is 5.26 Å². The number of nitrogens with one attached hydrogen (secondary N) is 1. The zero-order valence-corrected chi connectivity index (χ0v) is 18.4. The Hall–Kier alpha value is -3.91. The Morgan fingerprint density at radius 2 is 1.84 bits per heavy atom. The number of imidazole rings is 1. The van der Waals surface area contributed by atoms with E-state index in [0.717, 1.165) is 40.8 Å². The van der Waals surface area contributed by atoms with Gasteiger partial charge in [0.15, 0.2) is 0 Å². The maximum atomic E-state index is 13.0. The average molecular weight is 423 g/mol. The highest BCUT2D eigenvalue weighted by Crippen LogP contribution is 2.22. The summed E-state index contributed by atoms with van der Waals surface area (Å²) in [6.07, 6.45) is 2.53. The highest BCUT2D eigenvalue weighted by Gasteiger charge is 2.17. The van der Waals surface area contributed by atoms with Crippen LogP contribution in [0.1, 0.15) is 58.7 Å². The number of carbonyl (C=O) groups excluding carboxylic acids is 1. The molecule has 0 aliphatic carbocycles. The van der Waals surface area contributed by atoms with Crippen molar-refractivity contribution in [2.75, 3.05) is 0 Å². The van der Waals surface area contributed by atoms with Gasteiger partial charge in [0, 0.05) is 19.0 Å². The molecule has 1 amide bonds. The van der Waals surface area contributed by atoms with Crippen LogP contribution in [0.5, 0.6) is 0 Å². The molecule has 1 heterocycles. The van der Waals surface area contributed by atoms with E-state index in [1.54, 1.807) is 0 Å². The molecule has 4 rings (SSSR count). The SMILES string of the molecule is CCCC(NC(=O)c1ccc2c(c1)nc(Cc1ccc(C#N)cc1)n2C)c1ccccc1. The zero-order chi connectivity index (χ0) is 22.5. The fraction of sp³-hybridized carbons (Fsp3) is 0.222. The van der Waals surface area contributed by atoms with Crippen LogP contribution < -0.4 is 5.32 Å². The van der Waals surface area contributed by atoms with Crippen LogP contribution in [0.3, 0.4) is 0 Å². The quantitative estimate of drug-likeness (QED) is 0.439. The van der Waals surface area contributed by atoms with Crippen molar-refractivity contribution in [3.05, 3.63) is 101 Å². The Morgan fingerprint density at radius 1 is 1.09 bits per heavy atom. The first kappa shape index (κ1) is 21.3. The molecule has 1 N–H and O–H groups in total. The summed E-state index contributed by atoms with van der Waals surface area (Å²) in [7, 11) is 1.99. The molecule has 0 saturated carbocycles. The fourth-order valence-electron chi connectivity index (χ4n) is 3.97. The molecule has 3 aromatic carbocycles. The van der Waals surface area contributed by atoms with E-state index < -0.39 is 0 Å². The van der Waals surface area contributed by atoms with Crippen molar-refractivity contribution in [2.45, 2.75) is 32.2 Å². The fourth-order valence-corrected chi connectivity index (χ4v) is 3.97. The summed E-state index contributed by atoms with van der Waals surface area (Å²) < 4.78 is 2.05. The maximum Gasteiger partial charge on any atom is 0.251 e. The minimum atomic E-state index is -0.0894. The number of nitrogens with zero attached hydrogens (tertiary/aromatic N) is 3. The maximum absolute atomic E-state index is 13.0. The highest BCUT2D eigenvalue weighted by molar-refractivity contribution is 5.97. The van der Waals surface area contributed by atoms with E-state index in [9.17, 15) is 4.79 Å². The third kappa shape index (κ3) is 4.55. The van der Waals surface area contributed by atoms with Crippen LogP contribution in [-0.4, -0.2) is 15.5 Å². The number of hydrogen-bond donors (Lipinski definition) is 1. The minimum absolute atomic E-state index is 0.0138. The van der Waals surface area contributed by atoms with Crippen LogP contribution in [0.15, 0.2) is 72.8 Å². The van der Waals surface area contributed by atoms with E-state index in [-0.39, 0.29) is 11.9 Å². The van der Waals surface area contributed by atoms with Crippen molar-refractivity contribution >= 4 is 16.9 Å². The van der Waals surface area contributed by atoms with Gasteiger partial charge in [-0.1, -0.05) is 55.8 Å². The Bertz CT molecular complexity index is 1270. The van der Waals surface area contributed by atoms with Crippen molar-refractivity contribution in [2.24, 2.45) is 7.05 Å². The summed E-state index contributed by atoms with van der Waals surface area (Å²) >= 11 is 0. The van der Waals surface area contributed by atoms with Crippen molar-refractivity contribution in [3.8, 4) is 6.07 Å². The Morgan fingerprint density at radius 3 is 2.53 bits per heavy atom. The number of nitriles is 1. The molecule has 4 aromatic rings. The molecule has 5 heteroatoms. The predicted octanol–water partition coefficient (Wildman–Crippen LogP) is 5.31. The number of benzene rings is 3. The number of aromatic nitrogens is 2. The molecule has 1 atom stereocenters. The van der Waals surface area contributed by atoms with Gasteiger partial charge in [-0.15, -0.1) is 0 Å².